The Labute approximate surface area is 116 Å². The Hall–Kier alpha value is -2.36. The number of hydrogen-bond donors (Lipinski definition) is 1. The van der Waals surface area contributed by atoms with E-state index in [0.29, 0.717) is 11.3 Å². The summed E-state index contributed by atoms with van der Waals surface area (Å²) in [5.74, 6) is -0.596. The highest BCUT2D eigenvalue weighted by atomic mass is 19.1. The third-order valence-corrected chi connectivity index (χ3v) is 2.87. The maximum absolute atomic E-state index is 13.8. The van der Waals surface area contributed by atoms with Gasteiger partial charge in [-0.3, -0.25) is 4.79 Å². The van der Waals surface area contributed by atoms with Crippen LogP contribution in [0, 0.1) is 12.7 Å². The lowest BCUT2D eigenvalue weighted by Crippen LogP contribution is -2.04. The van der Waals surface area contributed by atoms with Gasteiger partial charge in [0.2, 0.25) is 0 Å². The summed E-state index contributed by atoms with van der Waals surface area (Å²) in [7, 11) is 0. The zero-order valence-corrected chi connectivity index (χ0v) is 11.1. The first-order valence-corrected chi connectivity index (χ1v) is 6.27. The van der Waals surface area contributed by atoms with E-state index in [4.69, 9.17) is 9.84 Å². The van der Waals surface area contributed by atoms with E-state index in [-0.39, 0.29) is 18.8 Å². The van der Waals surface area contributed by atoms with Crippen molar-refractivity contribution in [2.24, 2.45) is 0 Å². The summed E-state index contributed by atoms with van der Waals surface area (Å²) >= 11 is 0. The molecule has 3 nitrogen and oxygen atoms in total. The summed E-state index contributed by atoms with van der Waals surface area (Å²) < 4.78 is 19.0. The van der Waals surface area contributed by atoms with Gasteiger partial charge in [0.15, 0.2) is 0 Å². The molecule has 0 spiro atoms. The highest BCUT2D eigenvalue weighted by Crippen LogP contribution is 2.26. The predicted molar refractivity (Wildman–Crippen MR) is 74.3 cm³/mol. The van der Waals surface area contributed by atoms with Crippen molar-refractivity contribution in [1.82, 2.24) is 0 Å². The number of ether oxygens (including phenoxy) is 1. The van der Waals surface area contributed by atoms with E-state index in [1.807, 2.05) is 6.92 Å². The Morgan fingerprint density at radius 3 is 2.55 bits per heavy atom. The molecular formula is C16H15FO3. The van der Waals surface area contributed by atoms with Crippen LogP contribution < -0.4 is 4.74 Å². The molecule has 4 heteroatoms. The van der Waals surface area contributed by atoms with E-state index in [9.17, 15) is 9.18 Å². The zero-order valence-electron chi connectivity index (χ0n) is 11.1. The van der Waals surface area contributed by atoms with Crippen LogP contribution in [0.3, 0.4) is 0 Å². The van der Waals surface area contributed by atoms with Gasteiger partial charge in [0.1, 0.15) is 11.6 Å². The summed E-state index contributed by atoms with van der Waals surface area (Å²) in [5, 5.41) is 8.52. The Kier molecular flexibility index (Phi) is 4.35. The summed E-state index contributed by atoms with van der Waals surface area (Å²) in [6.45, 7) is 2.03. The molecule has 0 saturated heterocycles. The molecule has 0 atom stereocenters. The van der Waals surface area contributed by atoms with Crippen LogP contribution in [-0.2, 0) is 4.79 Å². The van der Waals surface area contributed by atoms with Gasteiger partial charge in [-0.15, -0.1) is 0 Å². The van der Waals surface area contributed by atoms with E-state index in [2.05, 4.69) is 0 Å². The molecule has 0 aliphatic rings. The highest BCUT2D eigenvalue weighted by Gasteiger charge is 2.05. The normalized spacial score (nSPS) is 10.3. The van der Waals surface area contributed by atoms with Crippen LogP contribution >= 0.6 is 0 Å². The van der Waals surface area contributed by atoms with Crippen LogP contribution in [0.1, 0.15) is 12.0 Å². The summed E-state index contributed by atoms with van der Waals surface area (Å²) in [6, 6.07) is 11.9. The molecular weight excluding hydrogens is 259 g/mol. The summed E-state index contributed by atoms with van der Waals surface area (Å²) in [5.41, 5.74) is 2.29. The van der Waals surface area contributed by atoms with Crippen LogP contribution in [0.25, 0.3) is 11.1 Å². The maximum Gasteiger partial charge on any atom is 0.306 e. The molecule has 0 aliphatic carbocycles. The number of benzene rings is 2. The van der Waals surface area contributed by atoms with E-state index < -0.39 is 5.97 Å². The molecule has 0 aromatic heterocycles. The second-order valence-corrected chi connectivity index (χ2v) is 4.50. The number of halogens is 1. The van der Waals surface area contributed by atoms with Gasteiger partial charge in [-0.25, -0.2) is 4.39 Å². The van der Waals surface area contributed by atoms with Gasteiger partial charge in [-0.1, -0.05) is 23.8 Å². The average Bonchev–Trinajstić information content (AvgIpc) is 2.42. The monoisotopic (exact) mass is 274 g/mol. The summed E-state index contributed by atoms with van der Waals surface area (Å²) in [4.78, 5) is 10.4. The van der Waals surface area contributed by atoms with Crippen molar-refractivity contribution >= 4 is 5.97 Å². The van der Waals surface area contributed by atoms with Gasteiger partial charge in [-0.05, 0) is 36.8 Å². The van der Waals surface area contributed by atoms with Gasteiger partial charge in [0.25, 0.3) is 0 Å². The lowest BCUT2D eigenvalue weighted by molar-refractivity contribution is -0.137. The second kappa shape index (κ2) is 6.19. The van der Waals surface area contributed by atoms with Crippen molar-refractivity contribution in [3.63, 3.8) is 0 Å². The fourth-order valence-electron chi connectivity index (χ4n) is 1.85. The predicted octanol–water partition coefficient (Wildman–Crippen LogP) is 3.65. The Bertz CT molecular complexity index is 606. The number of aryl methyl sites for hydroxylation is 1. The molecule has 20 heavy (non-hydrogen) atoms. The van der Waals surface area contributed by atoms with Gasteiger partial charge in [0, 0.05) is 5.56 Å². The number of carbonyl (C=O) groups is 1. The highest BCUT2D eigenvalue weighted by molar-refractivity contribution is 5.67. The van der Waals surface area contributed by atoms with E-state index in [1.165, 1.54) is 6.07 Å². The number of rotatable bonds is 5. The van der Waals surface area contributed by atoms with E-state index in [0.717, 1.165) is 11.1 Å². The summed E-state index contributed by atoms with van der Waals surface area (Å²) in [6.07, 6.45) is -0.0474. The number of aliphatic carboxylic acids is 1. The van der Waals surface area contributed by atoms with Crippen LogP contribution in [0.5, 0.6) is 5.75 Å². The third-order valence-electron chi connectivity index (χ3n) is 2.87. The quantitative estimate of drug-likeness (QED) is 0.905. The van der Waals surface area contributed by atoms with E-state index in [1.54, 1.807) is 36.4 Å². The van der Waals surface area contributed by atoms with Gasteiger partial charge in [0.05, 0.1) is 13.0 Å². The first-order chi connectivity index (χ1) is 9.56. The van der Waals surface area contributed by atoms with Crippen LogP contribution in [-0.4, -0.2) is 17.7 Å². The SMILES string of the molecule is Cc1ccc(F)c(-c2ccc(OCCC(=O)O)cc2)c1. The molecule has 2 rings (SSSR count). The molecule has 0 unspecified atom stereocenters. The fraction of sp³-hybridized carbons (Fsp3) is 0.188. The van der Waals surface area contributed by atoms with E-state index >= 15 is 0 Å². The first kappa shape index (κ1) is 14.1. The Morgan fingerprint density at radius 1 is 1.20 bits per heavy atom. The van der Waals surface area contributed by atoms with Gasteiger partial charge < -0.3 is 9.84 Å². The van der Waals surface area contributed by atoms with Gasteiger partial charge in [-0.2, -0.15) is 0 Å². The molecule has 0 bridgehead atoms. The Morgan fingerprint density at radius 2 is 1.90 bits per heavy atom. The molecule has 0 radical (unpaired) electrons. The van der Waals surface area contributed by atoms with Crippen molar-refractivity contribution in [2.45, 2.75) is 13.3 Å². The minimum atomic E-state index is -0.900. The van der Waals surface area contributed by atoms with Crippen LogP contribution in [0.15, 0.2) is 42.5 Å². The van der Waals surface area contributed by atoms with Crippen LogP contribution in [0.4, 0.5) is 4.39 Å². The van der Waals surface area contributed by atoms with Crippen molar-refractivity contribution in [2.75, 3.05) is 6.61 Å². The maximum atomic E-state index is 13.8. The van der Waals surface area contributed by atoms with Crippen molar-refractivity contribution < 1.29 is 19.0 Å². The van der Waals surface area contributed by atoms with Crippen molar-refractivity contribution in [1.29, 1.82) is 0 Å². The molecule has 2 aromatic carbocycles. The standard InChI is InChI=1S/C16H15FO3/c1-11-2-7-15(17)14(10-11)12-3-5-13(6-4-12)20-9-8-16(18)19/h2-7,10H,8-9H2,1H3,(H,18,19). The minimum absolute atomic E-state index is 0.0474. The first-order valence-electron chi connectivity index (χ1n) is 6.27. The van der Waals surface area contributed by atoms with Crippen molar-refractivity contribution in [3.05, 3.63) is 53.8 Å². The van der Waals surface area contributed by atoms with Gasteiger partial charge >= 0.3 is 5.97 Å². The molecule has 0 aliphatic heterocycles. The number of hydrogen-bond acceptors (Lipinski definition) is 2. The molecule has 104 valence electrons. The van der Waals surface area contributed by atoms with Crippen LogP contribution in [0.2, 0.25) is 0 Å². The lowest BCUT2D eigenvalue weighted by atomic mass is 10.0. The largest absolute Gasteiger partial charge is 0.493 e. The number of carboxylic acids is 1. The fourth-order valence-corrected chi connectivity index (χ4v) is 1.85. The molecule has 0 saturated carbocycles. The minimum Gasteiger partial charge on any atom is -0.493 e. The molecule has 0 fully saturated rings. The third kappa shape index (κ3) is 3.57. The average molecular weight is 274 g/mol. The topological polar surface area (TPSA) is 46.5 Å². The molecule has 2 aromatic rings. The molecule has 0 heterocycles. The Balaban J connectivity index is 2.11. The lowest BCUT2D eigenvalue weighted by Gasteiger charge is -2.07. The zero-order chi connectivity index (χ0) is 14.5. The molecule has 0 amide bonds. The van der Waals surface area contributed by atoms with Crippen molar-refractivity contribution in [3.8, 4) is 16.9 Å². The molecule has 1 N–H and O–H groups in total. The second-order valence-electron chi connectivity index (χ2n) is 4.50. The smallest absolute Gasteiger partial charge is 0.306 e. The number of carboxylic acid groups (broad SMARTS) is 1.